The largest absolute Gasteiger partial charge is 0.461 e. The third-order valence-electron chi connectivity index (χ3n) is 5.31. The van der Waals surface area contributed by atoms with E-state index in [4.69, 9.17) is 4.74 Å². The summed E-state index contributed by atoms with van der Waals surface area (Å²) in [7, 11) is 0. The standard InChI is InChI=1S/C25H19N5O4S/c1-3-34-25(33)21-16-13-35-23(20(16)24(32)30(29-21)15-10-8-14(2)9-11-15)28-22(31)19-12-26-17-6-4-5-7-18(17)27-19/h4-13H,3H2,1-2H3,(H,28,31). The van der Waals surface area contributed by atoms with Crippen LogP contribution >= 0.6 is 11.3 Å². The number of para-hydroxylation sites is 2. The Morgan fingerprint density at radius 3 is 2.57 bits per heavy atom. The van der Waals surface area contributed by atoms with Crippen molar-refractivity contribution in [1.29, 1.82) is 0 Å². The Bertz CT molecular complexity index is 1660. The predicted molar refractivity (Wildman–Crippen MR) is 133 cm³/mol. The highest BCUT2D eigenvalue weighted by Crippen LogP contribution is 2.31. The van der Waals surface area contributed by atoms with Gasteiger partial charge >= 0.3 is 5.97 Å². The van der Waals surface area contributed by atoms with E-state index in [-0.39, 0.29) is 28.4 Å². The molecular formula is C25H19N5O4S. The quantitative estimate of drug-likeness (QED) is 0.372. The number of nitrogens with one attached hydrogen (secondary N) is 1. The molecule has 0 aliphatic carbocycles. The predicted octanol–water partition coefficient (Wildman–Crippen LogP) is 4.13. The smallest absolute Gasteiger partial charge is 0.359 e. The second-order valence-electron chi connectivity index (χ2n) is 7.67. The number of amides is 1. The van der Waals surface area contributed by atoms with Gasteiger partial charge in [0.25, 0.3) is 11.5 Å². The molecule has 3 heterocycles. The molecule has 10 heteroatoms. The molecule has 0 atom stereocenters. The van der Waals surface area contributed by atoms with Crippen LogP contribution in [0.15, 0.2) is 64.9 Å². The Balaban J connectivity index is 1.62. The first-order valence-corrected chi connectivity index (χ1v) is 11.7. The van der Waals surface area contributed by atoms with Crippen molar-refractivity contribution in [1.82, 2.24) is 19.7 Å². The number of hydrogen-bond acceptors (Lipinski definition) is 8. The molecule has 0 spiro atoms. The zero-order valence-corrected chi connectivity index (χ0v) is 19.6. The van der Waals surface area contributed by atoms with E-state index in [1.54, 1.807) is 36.6 Å². The van der Waals surface area contributed by atoms with E-state index in [0.717, 1.165) is 21.6 Å². The number of carbonyl (C=O) groups is 2. The average Bonchev–Trinajstić information content (AvgIpc) is 3.29. The summed E-state index contributed by atoms with van der Waals surface area (Å²) in [6.07, 6.45) is 1.38. The highest BCUT2D eigenvalue weighted by atomic mass is 32.1. The van der Waals surface area contributed by atoms with Gasteiger partial charge in [0.1, 0.15) is 10.7 Å². The minimum atomic E-state index is -0.658. The SMILES string of the molecule is CCOC(=O)c1nn(-c2ccc(C)cc2)c(=O)c2c(NC(=O)c3cnc4ccccc4n3)scc12. The number of rotatable bonds is 5. The number of benzene rings is 2. The number of anilines is 1. The maximum Gasteiger partial charge on any atom is 0.359 e. The number of aryl methyl sites for hydroxylation is 1. The summed E-state index contributed by atoms with van der Waals surface area (Å²) in [5.41, 5.74) is 2.35. The summed E-state index contributed by atoms with van der Waals surface area (Å²) in [6, 6.07) is 14.4. The molecule has 2 aromatic carbocycles. The van der Waals surface area contributed by atoms with Crippen LogP contribution in [0.1, 0.15) is 33.5 Å². The first-order chi connectivity index (χ1) is 17.0. The van der Waals surface area contributed by atoms with Gasteiger partial charge in [0.05, 0.1) is 34.9 Å². The fourth-order valence-electron chi connectivity index (χ4n) is 3.59. The lowest BCUT2D eigenvalue weighted by Gasteiger charge is -2.10. The Kier molecular flexibility index (Phi) is 5.79. The summed E-state index contributed by atoms with van der Waals surface area (Å²) >= 11 is 1.12. The summed E-state index contributed by atoms with van der Waals surface area (Å²) < 4.78 is 6.31. The third kappa shape index (κ3) is 4.15. The van der Waals surface area contributed by atoms with E-state index in [2.05, 4.69) is 20.4 Å². The minimum Gasteiger partial charge on any atom is -0.461 e. The molecule has 9 nitrogen and oxygen atoms in total. The maximum atomic E-state index is 13.5. The number of carbonyl (C=O) groups excluding carboxylic acids is 2. The zero-order chi connectivity index (χ0) is 24.5. The Morgan fingerprint density at radius 2 is 1.83 bits per heavy atom. The first kappa shape index (κ1) is 22.4. The lowest BCUT2D eigenvalue weighted by molar-refractivity contribution is 0.0520. The van der Waals surface area contributed by atoms with Crippen LogP contribution < -0.4 is 10.9 Å². The number of hydrogen-bond donors (Lipinski definition) is 1. The Labute approximate surface area is 203 Å². The highest BCUT2D eigenvalue weighted by Gasteiger charge is 2.23. The van der Waals surface area contributed by atoms with E-state index in [0.29, 0.717) is 22.1 Å². The molecule has 35 heavy (non-hydrogen) atoms. The number of fused-ring (bicyclic) bond motifs is 2. The molecule has 0 saturated heterocycles. The first-order valence-electron chi connectivity index (χ1n) is 10.8. The van der Waals surface area contributed by atoms with Crippen LogP contribution in [0.2, 0.25) is 0 Å². The van der Waals surface area contributed by atoms with Gasteiger partial charge in [-0.15, -0.1) is 11.3 Å². The van der Waals surface area contributed by atoms with Crippen LogP contribution in [-0.4, -0.2) is 38.2 Å². The second kappa shape index (κ2) is 9.07. The average molecular weight is 486 g/mol. The van der Waals surface area contributed by atoms with Crippen molar-refractivity contribution < 1.29 is 14.3 Å². The van der Waals surface area contributed by atoms with Gasteiger partial charge in [-0.25, -0.2) is 9.78 Å². The van der Waals surface area contributed by atoms with E-state index in [1.807, 2.05) is 31.2 Å². The fourth-order valence-corrected chi connectivity index (χ4v) is 4.52. The van der Waals surface area contributed by atoms with Crippen molar-refractivity contribution in [2.45, 2.75) is 13.8 Å². The van der Waals surface area contributed by atoms with Crippen molar-refractivity contribution >= 4 is 50.0 Å². The molecule has 174 valence electrons. The van der Waals surface area contributed by atoms with Crippen LogP contribution in [0.25, 0.3) is 27.5 Å². The molecule has 1 N–H and O–H groups in total. The Morgan fingerprint density at radius 1 is 1.09 bits per heavy atom. The molecule has 0 radical (unpaired) electrons. The van der Waals surface area contributed by atoms with Crippen LogP contribution in [-0.2, 0) is 4.74 Å². The summed E-state index contributed by atoms with van der Waals surface area (Å²) in [4.78, 5) is 47.8. The molecular weight excluding hydrogens is 466 g/mol. The third-order valence-corrected chi connectivity index (χ3v) is 6.20. The van der Waals surface area contributed by atoms with Crippen LogP contribution in [0.3, 0.4) is 0 Å². The molecule has 0 bridgehead atoms. The van der Waals surface area contributed by atoms with E-state index in [1.165, 1.54) is 6.20 Å². The maximum absolute atomic E-state index is 13.5. The number of aromatic nitrogens is 4. The number of esters is 1. The van der Waals surface area contributed by atoms with E-state index in [9.17, 15) is 14.4 Å². The second-order valence-corrected chi connectivity index (χ2v) is 8.55. The van der Waals surface area contributed by atoms with E-state index < -0.39 is 17.4 Å². The van der Waals surface area contributed by atoms with Gasteiger partial charge in [0.15, 0.2) is 5.69 Å². The minimum absolute atomic E-state index is 0.00993. The molecule has 5 rings (SSSR count). The highest BCUT2D eigenvalue weighted by molar-refractivity contribution is 7.16. The fraction of sp³-hybridized carbons (Fsp3) is 0.120. The van der Waals surface area contributed by atoms with E-state index >= 15 is 0 Å². The zero-order valence-electron chi connectivity index (χ0n) is 18.8. The van der Waals surface area contributed by atoms with Crippen LogP contribution in [0.4, 0.5) is 5.00 Å². The van der Waals surface area contributed by atoms with Gasteiger partial charge in [-0.05, 0) is 38.1 Å². The molecule has 0 unspecified atom stereocenters. The molecule has 1 amide bonds. The van der Waals surface area contributed by atoms with Crippen molar-refractivity contribution in [2.24, 2.45) is 0 Å². The molecule has 3 aromatic heterocycles. The van der Waals surface area contributed by atoms with Gasteiger partial charge in [-0.3, -0.25) is 14.6 Å². The van der Waals surface area contributed by atoms with Crippen LogP contribution in [0, 0.1) is 6.92 Å². The number of ether oxygens (including phenoxy) is 1. The molecule has 0 fully saturated rings. The lowest BCUT2D eigenvalue weighted by atomic mass is 10.2. The van der Waals surface area contributed by atoms with Gasteiger partial charge < -0.3 is 10.1 Å². The molecule has 5 aromatic rings. The molecule has 0 saturated carbocycles. The van der Waals surface area contributed by atoms with Gasteiger partial charge in [0.2, 0.25) is 0 Å². The summed E-state index contributed by atoms with van der Waals surface area (Å²) in [5.74, 6) is -1.18. The molecule has 0 aliphatic rings. The van der Waals surface area contributed by atoms with Gasteiger partial charge in [0, 0.05) is 10.8 Å². The van der Waals surface area contributed by atoms with Gasteiger partial charge in [-0.1, -0.05) is 29.8 Å². The van der Waals surface area contributed by atoms with Crippen molar-refractivity contribution in [2.75, 3.05) is 11.9 Å². The summed E-state index contributed by atoms with van der Waals surface area (Å²) in [5, 5.41) is 9.42. The van der Waals surface area contributed by atoms with Gasteiger partial charge in [-0.2, -0.15) is 9.78 Å². The number of thiophene rings is 1. The van der Waals surface area contributed by atoms with Crippen LogP contribution in [0.5, 0.6) is 0 Å². The van der Waals surface area contributed by atoms with Crippen molar-refractivity contribution in [3.8, 4) is 5.69 Å². The Hall–Kier alpha value is -4.44. The topological polar surface area (TPSA) is 116 Å². The normalized spacial score (nSPS) is 11.0. The van der Waals surface area contributed by atoms with Crippen molar-refractivity contribution in [3.63, 3.8) is 0 Å². The molecule has 0 aliphatic heterocycles. The number of nitrogens with zero attached hydrogens (tertiary/aromatic N) is 4. The lowest BCUT2D eigenvalue weighted by Crippen LogP contribution is -2.25. The van der Waals surface area contributed by atoms with Crippen molar-refractivity contribution in [3.05, 3.63) is 87.4 Å². The monoisotopic (exact) mass is 485 g/mol. The summed E-state index contributed by atoms with van der Waals surface area (Å²) in [6.45, 7) is 3.77.